The topological polar surface area (TPSA) is 19.6 Å². The van der Waals surface area contributed by atoms with Gasteiger partial charge in [0, 0.05) is 50.0 Å². The molecule has 286 valence electrons. The van der Waals surface area contributed by atoms with Gasteiger partial charge in [-0.3, -0.25) is 0 Å². The SMILES string of the molecule is c1ccc(-c2ccc3c4ccc(N(c5cccc(N(c6ccccc6)c6ccccc6)c5)c5cc6ccccc6c6ccccc56)cc4c4oc5ccccc5c4c3c2)cc1. The van der Waals surface area contributed by atoms with E-state index >= 15 is 0 Å². The number of hydrogen-bond acceptors (Lipinski definition) is 3. The second-order valence-corrected chi connectivity index (χ2v) is 15.7. The van der Waals surface area contributed by atoms with E-state index in [0.29, 0.717) is 0 Å². The summed E-state index contributed by atoms with van der Waals surface area (Å²) in [6, 6.07) is 82.9. The van der Waals surface area contributed by atoms with Crippen LogP contribution in [0.2, 0.25) is 0 Å². The molecule has 0 fully saturated rings. The monoisotopic (exact) mass is 778 g/mol. The van der Waals surface area contributed by atoms with Crippen LogP contribution in [-0.4, -0.2) is 0 Å². The van der Waals surface area contributed by atoms with Crippen LogP contribution in [0.15, 0.2) is 235 Å². The Kier molecular flexibility index (Phi) is 8.17. The fourth-order valence-corrected chi connectivity index (χ4v) is 9.41. The van der Waals surface area contributed by atoms with Gasteiger partial charge in [-0.2, -0.15) is 0 Å². The van der Waals surface area contributed by atoms with Gasteiger partial charge in [0.25, 0.3) is 0 Å². The van der Waals surface area contributed by atoms with Crippen LogP contribution >= 0.6 is 0 Å². The van der Waals surface area contributed by atoms with Gasteiger partial charge in [0.05, 0.1) is 5.69 Å². The van der Waals surface area contributed by atoms with Gasteiger partial charge in [-0.05, 0) is 116 Å². The number of benzene rings is 11. The third-order valence-corrected chi connectivity index (χ3v) is 12.1. The molecule has 0 spiro atoms. The lowest BCUT2D eigenvalue weighted by Gasteiger charge is -2.30. The van der Waals surface area contributed by atoms with Crippen molar-refractivity contribution in [1.29, 1.82) is 0 Å². The third kappa shape index (κ3) is 5.82. The van der Waals surface area contributed by atoms with E-state index in [2.05, 4.69) is 240 Å². The van der Waals surface area contributed by atoms with Gasteiger partial charge in [-0.1, -0.05) is 158 Å². The minimum Gasteiger partial charge on any atom is -0.455 e. The van der Waals surface area contributed by atoms with Crippen LogP contribution in [0, 0.1) is 0 Å². The van der Waals surface area contributed by atoms with Crippen molar-refractivity contribution in [3.63, 3.8) is 0 Å². The maximum absolute atomic E-state index is 6.92. The molecule has 0 bridgehead atoms. The first-order chi connectivity index (χ1) is 30.3. The fraction of sp³-hybridized carbons (Fsp3) is 0. The van der Waals surface area contributed by atoms with E-state index in [9.17, 15) is 0 Å². The number of para-hydroxylation sites is 3. The van der Waals surface area contributed by atoms with Gasteiger partial charge < -0.3 is 14.2 Å². The van der Waals surface area contributed by atoms with E-state index in [4.69, 9.17) is 4.42 Å². The molecule has 0 saturated heterocycles. The van der Waals surface area contributed by atoms with Crippen LogP contribution in [0.1, 0.15) is 0 Å². The Balaban J connectivity index is 1.14. The molecule has 0 N–H and O–H groups in total. The van der Waals surface area contributed by atoms with Crippen molar-refractivity contribution in [2.75, 3.05) is 9.80 Å². The smallest absolute Gasteiger partial charge is 0.143 e. The normalized spacial score (nSPS) is 11.6. The standard InChI is InChI=1S/C58H38N2O/c1-4-17-39(18-5-1)40-31-33-49-50-34-32-46(38-54(50)58-57(53(49)35-40)52-29-14-15-30-56(52)61-58)60(55-36-41-19-10-11-26-47(41)48-27-12-13-28-51(48)55)45-25-16-24-44(37-45)59(42-20-6-2-7-21-42)43-22-8-3-9-23-43/h1-38H. The van der Waals surface area contributed by atoms with Crippen molar-refractivity contribution in [3.8, 4) is 11.1 Å². The molecule has 0 aliphatic heterocycles. The summed E-state index contributed by atoms with van der Waals surface area (Å²) in [5.74, 6) is 0. The molecule has 61 heavy (non-hydrogen) atoms. The zero-order valence-electron chi connectivity index (χ0n) is 33.2. The second kappa shape index (κ2) is 14.3. The van der Waals surface area contributed by atoms with E-state index in [-0.39, 0.29) is 0 Å². The molecule has 0 aliphatic carbocycles. The molecular formula is C58H38N2O. The summed E-state index contributed by atoms with van der Waals surface area (Å²) in [6.07, 6.45) is 0. The van der Waals surface area contributed by atoms with E-state index in [1.54, 1.807) is 0 Å². The molecule has 12 rings (SSSR count). The van der Waals surface area contributed by atoms with Gasteiger partial charge in [-0.15, -0.1) is 0 Å². The number of fused-ring (bicyclic) bond motifs is 11. The summed E-state index contributed by atoms with van der Waals surface area (Å²) < 4.78 is 6.92. The highest BCUT2D eigenvalue weighted by molar-refractivity contribution is 6.31. The highest BCUT2D eigenvalue weighted by Crippen LogP contribution is 2.48. The summed E-state index contributed by atoms with van der Waals surface area (Å²) in [4.78, 5) is 4.76. The predicted molar refractivity (Wildman–Crippen MR) is 259 cm³/mol. The van der Waals surface area contributed by atoms with Gasteiger partial charge in [0.15, 0.2) is 0 Å². The van der Waals surface area contributed by atoms with Crippen molar-refractivity contribution in [2.24, 2.45) is 0 Å². The number of hydrogen-bond donors (Lipinski definition) is 0. The van der Waals surface area contributed by atoms with Crippen LogP contribution < -0.4 is 9.80 Å². The molecule has 1 aromatic heterocycles. The van der Waals surface area contributed by atoms with Crippen LogP contribution in [0.25, 0.3) is 76.2 Å². The van der Waals surface area contributed by atoms with Crippen LogP contribution in [0.5, 0.6) is 0 Å². The van der Waals surface area contributed by atoms with Crippen molar-refractivity contribution in [1.82, 2.24) is 0 Å². The summed E-state index contributed by atoms with van der Waals surface area (Å²) >= 11 is 0. The van der Waals surface area contributed by atoms with Gasteiger partial charge in [0.1, 0.15) is 11.2 Å². The average molecular weight is 779 g/mol. The van der Waals surface area contributed by atoms with E-state index in [1.165, 1.54) is 43.4 Å². The number of furan rings is 1. The zero-order chi connectivity index (χ0) is 40.3. The zero-order valence-corrected chi connectivity index (χ0v) is 33.2. The first-order valence-corrected chi connectivity index (χ1v) is 20.8. The molecular weight excluding hydrogens is 741 g/mol. The number of nitrogens with zero attached hydrogens (tertiary/aromatic N) is 2. The Morgan fingerprint density at radius 3 is 1.57 bits per heavy atom. The molecule has 0 aliphatic rings. The first-order valence-electron chi connectivity index (χ1n) is 20.8. The molecule has 3 heteroatoms. The largest absolute Gasteiger partial charge is 0.455 e. The van der Waals surface area contributed by atoms with Crippen LogP contribution in [0.4, 0.5) is 34.1 Å². The molecule has 11 aromatic carbocycles. The van der Waals surface area contributed by atoms with Gasteiger partial charge in [-0.25, -0.2) is 0 Å². The van der Waals surface area contributed by atoms with Crippen molar-refractivity contribution in [3.05, 3.63) is 231 Å². The average Bonchev–Trinajstić information content (AvgIpc) is 3.73. The highest BCUT2D eigenvalue weighted by Gasteiger charge is 2.23. The highest BCUT2D eigenvalue weighted by atomic mass is 16.3. The Hall–Kier alpha value is -8.14. The molecule has 0 amide bonds. The van der Waals surface area contributed by atoms with Gasteiger partial charge >= 0.3 is 0 Å². The Labute approximate surface area is 353 Å². The molecule has 0 saturated carbocycles. The van der Waals surface area contributed by atoms with E-state index < -0.39 is 0 Å². The fourth-order valence-electron chi connectivity index (χ4n) is 9.41. The minimum absolute atomic E-state index is 0.883. The van der Waals surface area contributed by atoms with Crippen molar-refractivity contribution >= 4 is 99.2 Å². The summed E-state index contributed by atoms with van der Waals surface area (Å²) in [7, 11) is 0. The first kappa shape index (κ1) is 34.9. The minimum atomic E-state index is 0.883. The van der Waals surface area contributed by atoms with Gasteiger partial charge in [0.2, 0.25) is 0 Å². The second-order valence-electron chi connectivity index (χ2n) is 15.7. The van der Waals surface area contributed by atoms with Crippen LogP contribution in [-0.2, 0) is 0 Å². The lowest BCUT2D eigenvalue weighted by atomic mass is 9.93. The lowest BCUT2D eigenvalue weighted by molar-refractivity contribution is 0.673. The summed E-state index contributed by atoms with van der Waals surface area (Å²) in [5.41, 5.74) is 10.6. The number of anilines is 6. The molecule has 1 heterocycles. The Morgan fingerprint density at radius 2 is 0.820 bits per heavy atom. The molecule has 0 unspecified atom stereocenters. The lowest BCUT2D eigenvalue weighted by Crippen LogP contribution is -2.13. The summed E-state index contributed by atoms with van der Waals surface area (Å²) in [5, 5.41) is 11.7. The van der Waals surface area contributed by atoms with Crippen LogP contribution in [0.3, 0.4) is 0 Å². The summed E-state index contributed by atoms with van der Waals surface area (Å²) in [6.45, 7) is 0. The maximum atomic E-state index is 6.92. The Bertz CT molecular complexity index is 3560. The molecule has 0 radical (unpaired) electrons. The molecule has 12 aromatic rings. The third-order valence-electron chi connectivity index (χ3n) is 12.1. The quantitative estimate of drug-likeness (QED) is 0.150. The Morgan fingerprint density at radius 1 is 0.279 bits per heavy atom. The van der Waals surface area contributed by atoms with Crippen molar-refractivity contribution in [2.45, 2.75) is 0 Å². The predicted octanol–water partition coefficient (Wildman–Crippen LogP) is 16.8. The van der Waals surface area contributed by atoms with E-state index in [1.807, 2.05) is 0 Å². The van der Waals surface area contributed by atoms with Crippen molar-refractivity contribution < 1.29 is 4.42 Å². The van der Waals surface area contributed by atoms with E-state index in [0.717, 1.165) is 66.8 Å². The molecule has 0 atom stereocenters. The molecule has 3 nitrogen and oxygen atoms in total. The maximum Gasteiger partial charge on any atom is 0.143 e. The number of rotatable bonds is 7.